The summed E-state index contributed by atoms with van der Waals surface area (Å²) in [5, 5.41) is 3.58. The molecule has 7 heteroatoms. The van der Waals surface area contributed by atoms with Crippen molar-refractivity contribution in [3.63, 3.8) is 0 Å². The van der Waals surface area contributed by atoms with Gasteiger partial charge in [0, 0.05) is 5.69 Å². The van der Waals surface area contributed by atoms with Crippen LogP contribution >= 0.6 is 23.4 Å². The molecule has 0 radical (unpaired) electrons. The lowest BCUT2D eigenvalue weighted by Crippen LogP contribution is -2.16. The Morgan fingerprint density at radius 3 is 2.75 bits per heavy atom. The highest BCUT2D eigenvalue weighted by molar-refractivity contribution is 7.98. The monoisotopic (exact) mass is 308 g/mol. The lowest BCUT2D eigenvalue weighted by Gasteiger charge is -2.11. The van der Waals surface area contributed by atoms with Gasteiger partial charge in [-0.05, 0) is 30.9 Å². The summed E-state index contributed by atoms with van der Waals surface area (Å²) >= 11 is 7.33. The zero-order valence-corrected chi connectivity index (χ0v) is 12.5. The normalized spacial score (nSPS) is 10.3. The number of carbonyl (C=O) groups excluding carboxylic acids is 1. The molecule has 2 aromatic rings. The number of thioether (sulfide) groups is 1. The third-order valence-corrected chi connectivity index (χ3v) is 3.38. The maximum Gasteiger partial charge on any atom is 0.255 e. The van der Waals surface area contributed by atoms with Crippen LogP contribution in [0.3, 0.4) is 0 Å². The van der Waals surface area contributed by atoms with Crippen LogP contribution in [0.5, 0.6) is 0 Å². The van der Waals surface area contributed by atoms with Gasteiger partial charge < -0.3 is 11.1 Å². The lowest BCUT2D eigenvalue weighted by molar-refractivity contribution is 0.100. The second-order valence-electron chi connectivity index (χ2n) is 4.08. The first-order valence-corrected chi connectivity index (χ1v) is 7.36. The van der Waals surface area contributed by atoms with Gasteiger partial charge in [0.15, 0.2) is 5.16 Å². The molecule has 104 valence electrons. The number of nitrogens with one attached hydrogen (secondary N) is 1. The van der Waals surface area contributed by atoms with Gasteiger partial charge in [-0.2, -0.15) is 0 Å². The molecule has 1 aromatic carbocycles. The summed E-state index contributed by atoms with van der Waals surface area (Å²) in [5.74, 6) is -0.356. The average molecular weight is 309 g/mol. The number of anilines is 2. The summed E-state index contributed by atoms with van der Waals surface area (Å²) in [6.07, 6.45) is 1.83. The molecule has 0 unspecified atom stereocenters. The molecule has 0 bridgehead atoms. The van der Waals surface area contributed by atoms with Gasteiger partial charge in [0.05, 0.1) is 0 Å². The highest BCUT2D eigenvalue weighted by Crippen LogP contribution is 2.26. The fourth-order valence-corrected chi connectivity index (χ4v) is 2.35. The van der Waals surface area contributed by atoms with Crippen molar-refractivity contribution in [1.29, 1.82) is 0 Å². The van der Waals surface area contributed by atoms with Crippen molar-refractivity contribution in [3.05, 3.63) is 40.5 Å². The summed E-state index contributed by atoms with van der Waals surface area (Å²) in [6.45, 7) is 1.97. The molecule has 0 aliphatic carbocycles. The van der Waals surface area contributed by atoms with Crippen molar-refractivity contribution < 1.29 is 4.79 Å². The standard InChI is InChI=1S/C13H13ClN4OS/c1-7-4-3-5-8(6-7)16-12-9(11(15)19)10(14)17-13(18-12)20-2/h3-6H,1-2H3,(H2,15,19)(H,16,17,18). The van der Waals surface area contributed by atoms with E-state index in [9.17, 15) is 4.79 Å². The van der Waals surface area contributed by atoms with Crippen molar-refractivity contribution in [1.82, 2.24) is 9.97 Å². The van der Waals surface area contributed by atoms with Gasteiger partial charge in [0.1, 0.15) is 16.5 Å². The molecular formula is C13H13ClN4OS. The molecule has 0 fully saturated rings. The SMILES string of the molecule is CSc1nc(Cl)c(C(N)=O)c(Nc2cccc(C)c2)n1. The molecule has 1 aromatic heterocycles. The zero-order valence-electron chi connectivity index (χ0n) is 11.0. The number of nitrogens with zero attached hydrogens (tertiary/aromatic N) is 2. The first-order valence-electron chi connectivity index (χ1n) is 5.76. The van der Waals surface area contributed by atoms with E-state index < -0.39 is 5.91 Å². The third-order valence-electron chi connectivity index (χ3n) is 2.55. The number of nitrogens with two attached hydrogens (primary N) is 1. The fourth-order valence-electron chi connectivity index (χ4n) is 1.67. The highest BCUT2D eigenvalue weighted by Gasteiger charge is 2.18. The van der Waals surface area contributed by atoms with E-state index in [0.717, 1.165) is 11.3 Å². The second kappa shape index (κ2) is 6.11. The molecule has 0 saturated carbocycles. The van der Waals surface area contributed by atoms with Crippen molar-refractivity contribution in [2.24, 2.45) is 5.73 Å². The van der Waals surface area contributed by atoms with Crippen LogP contribution in [-0.2, 0) is 0 Å². The Morgan fingerprint density at radius 2 is 2.15 bits per heavy atom. The second-order valence-corrected chi connectivity index (χ2v) is 5.21. The quantitative estimate of drug-likeness (QED) is 0.515. The first kappa shape index (κ1) is 14.6. The molecule has 5 nitrogen and oxygen atoms in total. The van der Waals surface area contributed by atoms with E-state index in [1.54, 1.807) is 0 Å². The average Bonchev–Trinajstić information content (AvgIpc) is 2.37. The van der Waals surface area contributed by atoms with E-state index in [0.29, 0.717) is 11.0 Å². The molecule has 1 heterocycles. The summed E-state index contributed by atoms with van der Waals surface area (Å²) in [4.78, 5) is 19.8. The number of hydrogen-bond acceptors (Lipinski definition) is 5. The van der Waals surface area contributed by atoms with Crippen LogP contribution in [0.1, 0.15) is 15.9 Å². The van der Waals surface area contributed by atoms with Gasteiger partial charge in [-0.25, -0.2) is 9.97 Å². The zero-order chi connectivity index (χ0) is 14.7. The maximum atomic E-state index is 11.5. The highest BCUT2D eigenvalue weighted by atomic mass is 35.5. The van der Waals surface area contributed by atoms with E-state index in [2.05, 4.69) is 15.3 Å². The van der Waals surface area contributed by atoms with Crippen LogP contribution < -0.4 is 11.1 Å². The van der Waals surface area contributed by atoms with Crippen LogP contribution in [0, 0.1) is 6.92 Å². The minimum Gasteiger partial charge on any atom is -0.365 e. The molecule has 3 N–H and O–H groups in total. The van der Waals surface area contributed by atoms with E-state index in [4.69, 9.17) is 17.3 Å². The van der Waals surface area contributed by atoms with Gasteiger partial charge in [0.25, 0.3) is 5.91 Å². The number of aromatic nitrogens is 2. The molecule has 0 aliphatic heterocycles. The van der Waals surface area contributed by atoms with Gasteiger partial charge in [-0.3, -0.25) is 4.79 Å². The summed E-state index contributed by atoms with van der Waals surface area (Å²) in [6, 6.07) is 7.67. The van der Waals surface area contributed by atoms with Crippen LogP contribution in [0.4, 0.5) is 11.5 Å². The van der Waals surface area contributed by atoms with Gasteiger partial charge in [-0.1, -0.05) is 35.5 Å². The molecule has 20 heavy (non-hydrogen) atoms. The fraction of sp³-hybridized carbons (Fsp3) is 0.154. The third kappa shape index (κ3) is 3.20. The molecule has 0 atom stereocenters. The van der Waals surface area contributed by atoms with Crippen LogP contribution in [0.15, 0.2) is 29.4 Å². The summed E-state index contributed by atoms with van der Waals surface area (Å²) in [7, 11) is 0. The van der Waals surface area contributed by atoms with E-state index in [-0.39, 0.29) is 10.7 Å². The Morgan fingerprint density at radius 1 is 1.40 bits per heavy atom. The number of hydrogen-bond donors (Lipinski definition) is 2. The van der Waals surface area contributed by atoms with Crippen LogP contribution in [0.25, 0.3) is 0 Å². The van der Waals surface area contributed by atoms with Crippen molar-refractivity contribution in [2.45, 2.75) is 12.1 Å². The molecule has 2 rings (SSSR count). The minimum atomic E-state index is -0.669. The molecule has 0 saturated heterocycles. The van der Waals surface area contributed by atoms with Crippen LogP contribution in [0.2, 0.25) is 5.15 Å². The minimum absolute atomic E-state index is 0.0482. The molecule has 0 spiro atoms. The van der Waals surface area contributed by atoms with Crippen molar-refractivity contribution in [3.8, 4) is 0 Å². The predicted molar refractivity (Wildman–Crippen MR) is 81.8 cm³/mol. The Kier molecular flexibility index (Phi) is 4.46. The molecule has 1 amide bonds. The van der Waals surface area contributed by atoms with Gasteiger partial charge in [0.2, 0.25) is 0 Å². The summed E-state index contributed by atoms with van der Waals surface area (Å²) < 4.78 is 0. The Bertz CT molecular complexity index is 663. The van der Waals surface area contributed by atoms with Crippen molar-refractivity contribution >= 4 is 40.8 Å². The largest absolute Gasteiger partial charge is 0.365 e. The van der Waals surface area contributed by atoms with Crippen LogP contribution in [-0.4, -0.2) is 22.1 Å². The first-order chi connectivity index (χ1) is 9.51. The number of benzene rings is 1. The topological polar surface area (TPSA) is 80.9 Å². The smallest absolute Gasteiger partial charge is 0.255 e. The Labute approximate surface area is 126 Å². The number of primary amides is 1. The Hall–Kier alpha value is -1.79. The van der Waals surface area contributed by atoms with Gasteiger partial charge in [-0.15, -0.1) is 0 Å². The maximum absolute atomic E-state index is 11.5. The van der Waals surface area contributed by atoms with Gasteiger partial charge >= 0.3 is 0 Å². The van der Waals surface area contributed by atoms with E-state index in [1.165, 1.54) is 11.8 Å². The number of amides is 1. The Balaban J connectivity index is 2.48. The molecular weight excluding hydrogens is 296 g/mol. The number of halogens is 1. The van der Waals surface area contributed by atoms with E-state index in [1.807, 2.05) is 37.4 Å². The predicted octanol–water partition coefficient (Wildman–Crippen LogP) is 3.00. The van der Waals surface area contributed by atoms with E-state index >= 15 is 0 Å². The summed E-state index contributed by atoms with van der Waals surface area (Å²) in [5.41, 5.74) is 7.31. The van der Waals surface area contributed by atoms with Crippen molar-refractivity contribution in [2.75, 3.05) is 11.6 Å². The number of rotatable bonds is 4. The molecule has 0 aliphatic rings. The number of carbonyl (C=O) groups is 1. The number of aryl methyl sites for hydroxylation is 1. The lowest BCUT2D eigenvalue weighted by atomic mass is 10.2.